The second kappa shape index (κ2) is 6.27. The number of carbonyl (C=O) groups is 2. The van der Waals surface area contributed by atoms with Crippen LogP contribution in [0.2, 0.25) is 0 Å². The molecule has 1 rings (SSSR count). The average molecular weight is 240 g/mol. The van der Waals surface area contributed by atoms with Crippen molar-refractivity contribution in [2.45, 2.75) is 44.7 Å². The van der Waals surface area contributed by atoms with Crippen molar-refractivity contribution in [3.05, 3.63) is 12.7 Å². The highest BCUT2D eigenvalue weighted by atomic mass is 16.4. The van der Waals surface area contributed by atoms with Crippen molar-refractivity contribution in [3.63, 3.8) is 0 Å². The van der Waals surface area contributed by atoms with Gasteiger partial charge in [0, 0.05) is 18.6 Å². The normalized spacial score (nSPS) is 16.1. The molecule has 0 spiro atoms. The second-order valence-corrected chi connectivity index (χ2v) is 4.32. The van der Waals surface area contributed by atoms with E-state index in [2.05, 4.69) is 11.9 Å². The molecule has 0 aromatic rings. The van der Waals surface area contributed by atoms with Gasteiger partial charge >= 0.3 is 12.0 Å². The minimum absolute atomic E-state index is 0.0329. The van der Waals surface area contributed by atoms with Gasteiger partial charge in [0.05, 0.1) is 6.42 Å². The molecule has 96 valence electrons. The number of carboxylic acid groups (broad SMARTS) is 1. The summed E-state index contributed by atoms with van der Waals surface area (Å²) in [5.74, 6) is -0.890. The van der Waals surface area contributed by atoms with Crippen LogP contribution in [0.25, 0.3) is 0 Å². The highest BCUT2D eigenvalue weighted by molar-refractivity contribution is 5.76. The number of hydrogen-bond donors (Lipinski definition) is 2. The molecular formula is C12H20N2O3. The van der Waals surface area contributed by atoms with Crippen molar-refractivity contribution >= 4 is 12.0 Å². The maximum atomic E-state index is 11.9. The van der Waals surface area contributed by atoms with Gasteiger partial charge in [-0.2, -0.15) is 0 Å². The number of urea groups is 1. The van der Waals surface area contributed by atoms with Crippen LogP contribution in [0, 0.1) is 0 Å². The summed E-state index contributed by atoms with van der Waals surface area (Å²) in [6, 6.07) is -0.179. The summed E-state index contributed by atoms with van der Waals surface area (Å²) in [5.41, 5.74) is 0. The van der Waals surface area contributed by atoms with Crippen molar-refractivity contribution in [1.82, 2.24) is 10.2 Å². The Morgan fingerprint density at radius 2 is 2.24 bits per heavy atom. The predicted octanol–water partition coefficient (Wildman–Crippen LogP) is 1.60. The molecule has 2 amide bonds. The van der Waals surface area contributed by atoms with Crippen LogP contribution in [-0.4, -0.2) is 40.6 Å². The minimum Gasteiger partial charge on any atom is -0.481 e. The third kappa shape index (κ3) is 4.46. The maximum absolute atomic E-state index is 11.9. The Morgan fingerprint density at radius 1 is 1.59 bits per heavy atom. The van der Waals surface area contributed by atoms with E-state index in [0.29, 0.717) is 19.0 Å². The Kier molecular flexibility index (Phi) is 5.00. The summed E-state index contributed by atoms with van der Waals surface area (Å²) >= 11 is 0. The highest BCUT2D eigenvalue weighted by Gasteiger charge is 2.32. The summed E-state index contributed by atoms with van der Waals surface area (Å²) < 4.78 is 0. The molecule has 17 heavy (non-hydrogen) atoms. The molecule has 0 bridgehead atoms. The van der Waals surface area contributed by atoms with Crippen LogP contribution in [0.3, 0.4) is 0 Å². The number of nitrogens with one attached hydrogen (secondary N) is 1. The number of carboxylic acids is 1. The van der Waals surface area contributed by atoms with E-state index in [1.807, 2.05) is 6.92 Å². The zero-order chi connectivity index (χ0) is 12.8. The first-order chi connectivity index (χ1) is 8.08. The zero-order valence-electron chi connectivity index (χ0n) is 10.2. The third-order valence-corrected chi connectivity index (χ3v) is 2.82. The first kappa shape index (κ1) is 13.5. The van der Waals surface area contributed by atoms with Crippen molar-refractivity contribution in [2.24, 2.45) is 0 Å². The molecule has 1 unspecified atom stereocenters. The number of aliphatic carboxylic acids is 1. The summed E-state index contributed by atoms with van der Waals surface area (Å²) in [6.07, 6.45) is 4.32. The Morgan fingerprint density at radius 3 is 2.65 bits per heavy atom. The molecule has 5 nitrogen and oxygen atoms in total. The van der Waals surface area contributed by atoms with Gasteiger partial charge in [-0.1, -0.05) is 13.0 Å². The van der Waals surface area contributed by atoms with E-state index >= 15 is 0 Å². The van der Waals surface area contributed by atoms with Gasteiger partial charge in [0.25, 0.3) is 0 Å². The SMILES string of the molecule is C=CCN(C(=O)NC(CC)CC(=O)O)C1CC1. The molecule has 1 aliphatic carbocycles. The number of hydrogen-bond acceptors (Lipinski definition) is 2. The zero-order valence-corrected chi connectivity index (χ0v) is 10.2. The van der Waals surface area contributed by atoms with E-state index in [0.717, 1.165) is 12.8 Å². The quantitative estimate of drug-likeness (QED) is 0.664. The van der Waals surface area contributed by atoms with Gasteiger partial charge in [-0.05, 0) is 19.3 Å². The van der Waals surface area contributed by atoms with E-state index < -0.39 is 5.97 Å². The molecule has 1 atom stereocenters. The fourth-order valence-corrected chi connectivity index (χ4v) is 1.69. The van der Waals surface area contributed by atoms with Crippen LogP contribution >= 0.6 is 0 Å². The van der Waals surface area contributed by atoms with Crippen LogP contribution in [0.5, 0.6) is 0 Å². The minimum atomic E-state index is -0.890. The van der Waals surface area contributed by atoms with Crippen LogP contribution < -0.4 is 5.32 Å². The van der Waals surface area contributed by atoms with Gasteiger partial charge in [-0.15, -0.1) is 6.58 Å². The molecular weight excluding hydrogens is 220 g/mol. The fourth-order valence-electron chi connectivity index (χ4n) is 1.69. The molecule has 5 heteroatoms. The molecule has 0 radical (unpaired) electrons. The largest absolute Gasteiger partial charge is 0.481 e. The van der Waals surface area contributed by atoms with Crippen LogP contribution in [0.4, 0.5) is 4.79 Å². The Labute approximate surface area is 101 Å². The predicted molar refractivity (Wildman–Crippen MR) is 64.8 cm³/mol. The van der Waals surface area contributed by atoms with Crippen LogP contribution in [-0.2, 0) is 4.79 Å². The van der Waals surface area contributed by atoms with E-state index in [1.54, 1.807) is 11.0 Å². The smallest absolute Gasteiger partial charge is 0.318 e. The van der Waals surface area contributed by atoms with Crippen LogP contribution in [0.1, 0.15) is 32.6 Å². The van der Waals surface area contributed by atoms with Gasteiger partial charge in [-0.3, -0.25) is 4.79 Å². The van der Waals surface area contributed by atoms with E-state index in [9.17, 15) is 9.59 Å². The topological polar surface area (TPSA) is 69.6 Å². The Balaban J connectivity index is 2.48. The maximum Gasteiger partial charge on any atom is 0.318 e. The molecule has 0 saturated heterocycles. The molecule has 1 aliphatic rings. The van der Waals surface area contributed by atoms with Gasteiger partial charge in [0.2, 0.25) is 0 Å². The van der Waals surface area contributed by atoms with Crippen LogP contribution in [0.15, 0.2) is 12.7 Å². The van der Waals surface area contributed by atoms with E-state index in [1.165, 1.54) is 0 Å². The van der Waals surface area contributed by atoms with Crippen molar-refractivity contribution in [1.29, 1.82) is 0 Å². The van der Waals surface area contributed by atoms with Crippen molar-refractivity contribution in [3.8, 4) is 0 Å². The van der Waals surface area contributed by atoms with Gasteiger partial charge in [-0.25, -0.2) is 4.79 Å². The lowest BCUT2D eigenvalue weighted by molar-refractivity contribution is -0.137. The lowest BCUT2D eigenvalue weighted by Gasteiger charge is -2.24. The van der Waals surface area contributed by atoms with Gasteiger partial charge in [0.1, 0.15) is 0 Å². The summed E-state index contributed by atoms with van der Waals surface area (Å²) in [6.45, 7) is 6.00. The van der Waals surface area contributed by atoms with Gasteiger partial charge in [0.15, 0.2) is 0 Å². The average Bonchev–Trinajstić information content (AvgIpc) is 3.07. The monoisotopic (exact) mass is 240 g/mol. The summed E-state index contributed by atoms with van der Waals surface area (Å²) in [7, 11) is 0. The molecule has 1 saturated carbocycles. The standard InChI is InChI=1S/C12H20N2O3/c1-3-7-14(10-5-6-10)12(17)13-9(4-2)8-11(15)16/h3,9-10H,1,4-8H2,2H3,(H,13,17)(H,15,16). The van der Waals surface area contributed by atoms with Gasteiger partial charge < -0.3 is 15.3 Å². The number of amides is 2. The highest BCUT2D eigenvalue weighted by Crippen LogP contribution is 2.26. The van der Waals surface area contributed by atoms with Crippen molar-refractivity contribution < 1.29 is 14.7 Å². The van der Waals surface area contributed by atoms with Crippen molar-refractivity contribution in [2.75, 3.05) is 6.54 Å². The Hall–Kier alpha value is -1.52. The summed E-state index contributed by atoms with van der Waals surface area (Å²) in [5, 5.41) is 11.5. The molecule has 0 heterocycles. The lowest BCUT2D eigenvalue weighted by Crippen LogP contribution is -2.46. The molecule has 2 N–H and O–H groups in total. The molecule has 1 fully saturated rings. The number of carbonyl (C=O) groups excluding carboxylic acids is 1. The molecule has 0 aromatic heterocycles. The fraction of sp³-hybridized carbons (Fsp3) is 0.667. The molecule has 0 aliphatic heterocycles. The summed E-state index contributed by atoms with van der Waals surface area (Å²) in [4.78, 5) is 24.3. The van der Waals surface area contributed by atoms with E-state index in [4.69, 9.17) is 5.11 Å². The molecule has 0 aromatic carbocycles. The number of rotatable bonds is 7. The lowest BCUT2D eigenvalue weighted by atomic mass is 10.1. The number of nitrogens with zero attached hydrogens (tertiary/aromatic N) is 1. The Bertz CT molecular complexity index is 300. The third-order valence-electron chi connectivity index (χ3n) is 2.82. The second-order valence-electron chi connectivity index (χ2n) is 4.32. The first-order valence-corrected chi connectivity index (χ1v) is 5.98. The van der Waals surface area contributed by atoms with E-state index in [-0.39, 0.29) is 18.5 Å². The first-order valence-electron chi connectivity index (χ1n) is 5.98.